The van der Waals surface area contributed by atoms with E-state index in [-0.39, 0.29) is 18.7 Å². The molecular formula is C19H23NO4S. The molecule has 2 heterocycles. The van der Waals surface area contributed by atoms with Gasteiger partial charge in [-0.2, -0.15) is 0 Å². The Bertz CT molecular complexity index is 692. The summed E-state index contributed by atoms with van der Waals surface area (Å²) in [5.41, 5.74) is 3.04. The van der Waals surface area contributed by atoms with Crippen molar-refractivity contribution in [3.05, 3.63) is 40.9 Å². The summed E-state index contributed by atoms with van der Waals surface area (Å²) in [5.74, 6) is -0.372. The minimum atomic E-state index is -0.598. The van der Waals surface area contributed by atoms with E-state index in [0.29, 0.717) is 6.61 Å². The first kappa shape index (κ1) is 18.0. The van der Waals surface area contributed by atoms with Gasteiger partial charge >= 0.3 is 5.97 Å². The number of benzene rings is 1. The molecule has 2 unspecified atom stereocenters. The lowest BCUT2D eigenvalue weighted by Gasteiger charge is -2.15. The predicted octanol–water partition coefficient (Wildman–Crippen LogP) is 3.75. The van der Waals surface area contributed by atoms with Crippen LogP contribution >= 0.6 is 11.3 Å². The summed E-state index contributed by atoms with van der Waals surface area (Å²) in [6, 6.07) is 8.21. The number of nitrogens with zero attached hydrogens (tertiary/aromatic N) is 1. The number of hydrogen-bond donors (Lipinski definition) is 0. The molecule has 1 aliphatic heterocycles. The van der Waals surface area contributed by atoms with Crippen LogP contribution in [-0.2, 0) is 25.6 Å². The normalized spacial score (nSPS) is 18.2. The second-order valence-corrected chi connectivity index (χ2v) is 7.09. The molecule has 0 spiro atoms. The number of aromatic nitrogens is 1. The molecular weight excluding hydrogens is 338 g/mol. The summed E-state index contributed by atoms with van der Waals surface area (Å²) < 4.78 is 16.3. The zero-order chi connectivity index (χ0) is 17.6. The number of carbonyl (C=O) groups excluding carboxylic acids is 1. The predicted molar refractivity (Wildman–Crippen MR) is 96.5 cm³/mol. The van der Waals surface area contributed by atoms with Gasteiger partial charge in [0, 0.05) is 17.6 Å². The molecule has 0 amide bonds. The van der Waals surface area contributed by atoms with Crippen LogP contribution in [0.2, 0.25) is 0 Å². The summed E-state index contributed by atoms with van der Waals surface area (Å²) in [7, 11) is 0. The lowest BCUT2D eigenvalue weighted by molar-refractivity contribution is -0.159. The van der Waals surface area contributed by atoms with Gasteiger partial charge in [0.15, 0.2) is 6.10 Å². The van der Waals surface area contributed by atoms with Crippen molar-refractivity contribution in [2.24, 2.45) is 0 Å². The van der Waals surface area contributed by atoms with Crippen LogP contribution in [0.1, 0.15) is 31.0 Å². The fourth-order valence-electron chi connectivity index (χ4n) is 2.56. The SMILES string of the molecule is Cc1ccc(-c2nc(COC(=O)C(C)OCC3CCCO3)cs2)cc1. The van der Waals surface area contributed by atoms with Gasteiger partial charge < -0.3 is 14.2 Å². The van der Waals surface area contributed by atoms with E-state index in [1.807, 2.05) is 17.5 Å². The molecule has 0 bridgehead atoms. The Morgan fingerprint density at radius 2 is 2.20 bits per heavy atom. The van der Waals surface area contributed by atoms with E-state index in [1.54, 1.807) is 18.3 Å². The highest BCUT2D eigenvalue weighted by Gasteiger charge is 2.21. The first-order valence-corrected chi connectivity index (χ1v) is 9.41. The quantitative estimate of drug-likeness (QED) is 0.703. The van der Waals surface area contributed by atoms with Gasteiger partial charge in [-0.15, -0.1) is 11.3 Å². The third-order valence-electron chi connectivity index (χ3n) is 4.10. The Hall–Kier alpha value is -1.76. The highest BCUT2D eigenvalue weighted by atomic mass is 32.1. The van der Waals surface area contributed by atoms with E-state index < -0.39 is 6.10 Å². The molecule has 2 aromatic rings. The van der Waals surface area contributed by atoms with Gasteiger partial charge in [-0.05, 0) is 26.7 Å². The van der Waals surface area contributed by atoms with Crippen LogP contribution in [-0.4, -0.2) is 36.4 Å². The van der Waals surface area contributed by atoms with Gasteiger partial charge in [-0.1, -0.05) is 29.8 Å². The van der Waals surface area contributed by atoms with E-state index in [2.05, 4.69) is 24.0 Å². The van der Waals surface area contributed by atoms with Crippen LogP contribution in [0.4, 0.5) is 0 Å². The minimum absolute atomic E-state index is 0.103. The van der Waals surface area contributed by atoms with Crippen molar-refractivity contribution >= 4 is 17.3 Å². The van der Waals surface area contributed by atoms with Crippen molar-refractivity contribution in [2.75, 3.05) is 13.2 Å². The minimum Gasteiger partial charge on any atom is -0.457 e. The monoisotopic (exact) mass is 361 g/mol. The number of carbonyl (C=O) groups is 1. The van der Waals surface area contributed by atoms with Crippen LogP contribution in [0.25, 0.3) is 10.6 Å². The van der Waals surface area contributed by atoms with Gasteiger partial charge in [0.25, 0.3) is 0 Å². The Balaban J connectivity index is 1.46. The molecule has 5 nitrogen and oxygen atoms in total. The fourth-order valence-corrected chi connectivity index (χ4v) is 3.37. The average Bonchev–Trinajstić information content (AvgIpc) is 3.30. The third kappa shape index (κ3) is 5.11. The van der Waals surface area contributed by atoms with E-state index in [0.717, 1.165) is 35.7 Å². The molecule has 1 fully saturated rings. The summed E-state index contributed by atoms with van der Waals surface area (Å²) in [6.07, 6.45) is 1.55. The number of hydrogen-bond acceptors (Lipinski definition) is 6. The van der Waals surface area contributed by atoms with Gasteiger partial charge in [-0.25, -0.2) is 9.78 Å². The molecule has 1 aromatic carbocycles. The van der Waals surface area contributed by atoms with Crippen molar-refractivity contribution in [3.8, 4) is 10.6 Å². The Labute approximate surface area is 151 Å². The molecule has 3 rings (SSSR count). The smallest absolute Gasteiger partial charge is 0.335 e. The highest BCUT2D eigenvalue weighted by molar-refractivity contribution is 7.13. The molecule has 2 atom stereocenters. The van der Waals surface area contributed by atoms with Gasteiger partial charge in [0.05, 0.1) is 18.4 Å². The lowest BCUT2D eigenvalue weighted by atomic mass is 10.2. The van der Waals surface area contributed by atoms with Gasteiger partial charge in [-0.3, -0.25) is 0 Å². The Morgan fingerprint density at radius 3 is 2.92 bits per heavy atom. The van der Waals surface area contributed by atoms with Crippen molar-refractivity contribution in [2.45, 2.75) is 45.5 Å². The van der Waals surface area contributed by atoms with Crippen LogP contribution in [0.15, 0.2) is 29.6 Å². The maximum atomic E-state index is 12.0. The lowest BCUT2D eigenvalue weighted by Crippen LogP contribution is -2.27. The van der Waals surface area contributed by atoms with Gasteiger partial charge in [0.1, 0.15) is 11.6 Å². The maximum absolute atomic E-state index is 12.0. The standard InChI is InChI=1S/C19H23NO4S/c1-13-5-7-15(8-6-13)18-20-16(12-25-18)10-24-19(21)14(2)23-11-17-4-3-9-22-17/h5-8,12,14,17H,3-4,9-11H2,1-2H3. The topological polar surface area (TPSA) is 57.7 Å². The molecule has 1 saturated heterocycles. The molecule has 1 aliphatic rings. The fraction of sp³-hybridized carbons (Fsp3) is 0.474. The van der Waals surface area contributed by atoms with Crippen LogP contribution in [0.5, 0.6) is 0 Å². The Kier molecular flexibility index (Phi) is 6.18. The molecule has 0 saturated carbocycles. The van der Waals surface area contributed by atoms with Gasteiger partial charge in [0.2, 0.25) is 0 Å². The second-order valence-electron chi connectivity index (χ2n) is 6.23. The number of rotatable bonds is 7. The molecule has 6 heteroatoms. The van der Waals surface area contributed by atoms with E-state index in [4.69, 9.17) is 14.2 Å². The number of aryl methyl sites for hydroxylation is 1. The van der Waals surface area contributed by atoms with Crippen LogP contribution < -0.4 is 0 Å². The number of thiazole rings is 1. The third-order valence-corrected chi connectivity index (χ3v) is 5.04. The first-order chi connectivity index (χ1) is 12.1. The van der Waals surface area contributed by atoms with Crippen molar-refractivity contribution in [3.63, 3.8) is 0 Å². The maximum Gasteiger partial charge on any atom is 0.335 e. The molecule has 0 N–H and O–H groups in total. The molecule has 134 valence electrons. The zero-order valence-corrected chi connectivity index (χ0v) is 15.4. The second kappa shape index (κ2) is 8.56. The Morgan fingerprint density at radius 1 is 1.40 bits per heavy atom. The highest BCUT2D eigenvalue weighted by Crippen LogP contribution is 2.24. The van der Waals surface area contributed by atoms with E-state index in [9.17, 15) is 4.79 Å². The first-order valence-electron chi connectivity index (χ1n) is 8.53. The van der Waals surface area contributed by atoms with E-state index >= 15 is 0 Å². The van der Waals surface area contributed by atoms with E-state index in [1.165, 1.54) is 5.56 Å². The summed E-state index contributed by atoms with van der Waals surface area (Å²) in [4.78, 5) is 16.6. The summed E-state index contributed by atoms with van der Waals surface area (Å²) >= 11 is 1.55. The molecule has 25 heavy (non-hydrogen) atoms. The molecule has 0 aliphatic carbocycles. The van der Waals surface area contributed by atoms with Crippen molar-refractivity contribution in [1.29, 1.82) is 0 Å². The van der Waals surface area contributed by atoms with Crippen molar-refractivity contribution < 1.29 is 19.0 Å². The molecule has 0 radical (unpaired) electrons. The summed E-state index contributed by atoms with van der Waals surface area (Å²) in [6.45, 7) is 5.13. The summed E-state index contributed by atoms with van der Waals surface area (Å²) in [5, 5.41) is 2.84. The van der Waals surface area contributed by atoms with Crippen LogP contribution in [0.3, 0.4) is 0 Å². The number of ether oxygens (including phenoxy) is 3. The zero-order valence-electron chi connectivity index (χ0n) is 14.6. The largest absolute Gasteiger partial charge is 0.457 e. The molecule has 1 aromatic heterocycles. The number of esters is 1. The van der Waals surface area contributed by atoms with Crippen molar-refractivity contribution in [1.82, 2.24) is 4.98 Å². The van der Waals surface area contributed by atoms with Crippen LogP contribution in [0, 0.1) is 6.92 Å². The average molecular weight is 361 g/mol.